The number of rotatable bonds is 7. The molecule has 2 aromatic rings. The first-order valence-corrected chi connectivity index (χ1v) is 11.1. The normalized spacial score (nSPS) is 15.1. The first kappa shape index (κ1) is 20.8. The van der Waals surface area contributed by atoms with Gasteiger partial charge >= 0.3 is 0 Å². The molecule has 0 bridgehead atoms. The summed E-state index contributed by atoms with van der Waals surface area (Å²) in [5.41, 5.74) is -0.424. The SMILES string of the molecule is CN(C)C(C)(CO)CO[Si](c1ccccc1)(c1ccccc1)C(C)(C)C. The van der Waals surface area contributed by atoms with Crippen molar-refractivity contribution in [3.8, 4) is 0 Å². The van der Waals surface area contributed by atoms with Crippen LogP contribution in [0.25, 0.3) is 0 Å². The zero-order valence-electron chi connectivity index (χ0n) is 17.0. The molecule has 4 heteroatoms. The summed E-state index contributed by atoms with van der Waals surface area (Å²) in [6.45, 7) is 9.38. The van der Waals surface area contributed by atoms with E-state index >= 15 is 0 Å². The molecule has 1 atom stereocenters. The summed E-state index contributed by atoms with van der Waals surface area (Å²) in [6.07, 6.45) is 0. The fraction of sp³-hybridized carbons (Fsp3) is 0.455. The van der Waals surface area contributed by atoms with E-state index in [9.17, 15) is 5.11 Å². The third-order valence-corrected chi connectivity index (χ3v) is 10.4. The second kappa shape index (κ2) is 8.05. The van der Waals surface area contributed by atoms with Crippen LogP contribution in [0.2, 0.25) is 5.04 Å². The summed E-state index contributed by atoms with van der Waals surface area (Å²) < 4.78 is 6.92. The van der Waals surface area contributed by atoms with Crippen molar-refractivity contribution in [1.82, 2.24) is 4.90 Å². The van der Waals surface area contributed by atoms with Crippen molar-refractivity contribution < 1.29 is 9.53 Å². The summed E-state index contributed by atoms with van der Waals surface area (Å²) in [6, 6.07) is 21.2. The van der Waals surface area contributed by atoms with E-state index in [0.29, 0.717) is 6.61 Å². The minimum Gasteiger partial charge on any atom is -0.405 e. The highest BCUT2D eigenvalue weighted by Crippen LogP contribution is 2.37. The lowest BCUT2D eigenvalue weighted by atomic mass is 10.0. The van der Waals surface area contributed by atoms with Crippen LogP contribution >= 0.6 is 0 Å². The maximum Gasteiger partial charge on any atom is 0.261 e. The van der Waals surface area contributed by atoms with Gasteiger partial charge in [-0.1, -0.05) is 81.4 Å². The van der Waals surface area contributed by atoms with Crippen LogP contribution in [-0.2, 0) is 4.43 Å². The maximum atomic E-state index is 9.99. The van der Waals surface area contributed by atoms with Crippen molar-refractivity contribution in [2.75, 3.05) is 27.3 Å². The number of aliphatic hydroxyl groups is 1. The van der Waals surface area contributed by atoms with Crippen molar-refractivity contribution in [2.45, 2.75) is 38.3 Å². The summed E-state index contributed by atoms with van der Waals surface area (Å²) in [5.74, 6) is 0. The summed E-state index contributed by atoms with van der Waals surface area (Å²) >= 11 is 0. The van der Waals surface area contributed by atoms with E-state index in [-0.39, 0.29) is 11.6 Å². The predicted octanol–water partition coefficient (Wildman–Crippen LogP) is 2.88. The van der Waals surface area contributed by atoms with Gasteiger partial charge in [0.25, 0.3) is 8.32 Å². The zero-order chi connectivity index (χ0) is 19.4. The van der Waals surface area contributed by atoms with Gasteiger partial charge in [0.05, 0.1) is 18.8 Å². The first-order chi connectivity index (χ1) is 12.2. The highest BCUT2D eigenvalue weighted by atomic mass is 28.4. The topological polar surface area (TPSA) is 32.7 Å². The van der Waals surface area contributed by atoms with Gasteiger partial charge in [-0.15, -0.1) is 0 Å². The Balaban J connectivity index is 2.61. The minimum absolute atomic E-state index is 0.0538. The van der Waals surface area contributed by atoms with Crippen LogP contribution in [-0.4, -0.2) is 51.2 Å². The van der Waals surface area contributed by atoms with Gasteiger partial charge in [-0.05, 0) is 36.4 Å². The standard InChI is InChI=1S/C22H33NO2Si/c1-21(2,3)26(19-13-9-7-10-14-19,20-15-11-8-12-16-20)25-18-22(4,17-24)23(5)6/h7-16,24H,17-18H2,1-6H3. The molecule has 3 nitrogen and oxygen atoms in total. The van der Waals surface area contributed by atoms with Crippen LogP contribution in [0.5, 0.6) is 0 Å². The quantitative estimate of drug-likeness (QED) is 0.760. The third kappa shape index (κ3) is 3.94. The average Bonchev–Trinajstić information content (AvgIpc) is 2.62. The second-order valence-corrected chi connectivity index (χ2v) is 12.8. The molecule has 0 saturated heterocycles. The van der Waals surface area contributed by atoms with E-state index in [1.807, 2.05) is 38.1 Å². The molecular weight excluding hydrogens is 338 g/mol. The molecule has 2 aromatic carbocycles. The number of nitrogens with zero attached hydrogens (tertiary/aromatic N) is 1. The highest BCUT2D eigenvalue weighted by molar-refractivity contribution is 6.99. The Morgan fingerprint density at radius 2 is 1.27 bits per heavy atom. The zero-order valence-corrected chi connectivity index (χ0v) is 18.0. The number of benzene rings is 2. The molecule has 0 amide bonds. The summed E-state index contributed by atoms with van der Waals surface area (Å²) in [5, 5.41) is 12.5. The Morgan fingerprint density at radius 1 is 0.846 bits per heavy atom. The Hall–Kier alpha value is -1.46. The van der Waals surface area contributed by atoms with Crippen LogP contribution in [0, 0.1) is 0 Å². The molecular formula is C22H33NO2Si. The van der Waals surface area contributed by atoms with Crippen LogP contribution in [0.3, 0.4) is 0 Å². The van der Waals surface area contributed by atoms with Gasteiger partial charge in [0, 0.05) is 0 Å². The van der Waals surface area contributed by atoms with Crippen LogP contribution < -0.4 is 10.4 Å². The lowest BCUT2D eigenvalue weighted by Crippen LogP contribution is -2.68. The highest BCUT2D eigenvalue weighted by Gasteiger charge is 2.51. The maximum absolute atomic E-state index is 9.99. The van der Waals surface area contributed by atoms with Gasteiger partial charge in [-0.25, -0.2) is 0 Å². The monoisotopic (exact) mass is 371 g/mol. The molecule has 26 heavy (non-hydrogen) atoms. The number of aliphatic hydroxyl groups excluding tert-OH is 1. The third-order valence-electron chi connectivity index (χ3n) is 5.44. The van der Waals surface area contributed by atoms with Crippen molar-refractivity contribution in [3.63, 3.8) is 0 Å². The molecule has 0 heterocycles. The first-order valence-electron chi connectivity index (χ1n) is 9.21. The molecule has 0 radical (unpaired) electrons. The Morgan fingerprint density at radius 3 is 1.58 bits per heavy atom. The number of hydrogen-bond acceptors (Lipinski definition) is 3. The predicted molar refractivity (Wildman–Crippen MR) is 113 cm³/mol. The van der Waals surface area contributed by atoms with E-state index in [0.717, 1.165) is 0 Å². The molecule has 0 aliphatic heterocycles. The van der Waals surface area contributed by atoms with Crippen molar-refractivity contribution in [3.05, 3.63) is 60.7 Å². The lowest BCUT2D eigenvalue weighted by Gasteiger charge is -2.46. The van der Waals surface area contributed by atoms with E-state index in [1.165, 1.54) is 10.4 Å². The van der Waals surface area contributed by atoms with Gasteiger partial charge in [-0.2, -0.15) is 0 Å². The molecule has 142 valence electrons. The smallest absolute Gasteiger partial charge is 0.261 e. The largest absolute Gasteiger partial charge is 0.405 e. The Bertz CT molecular complexity index is 643. The molecule has 0 saturated carbocycles. The van der Waals surface area contributed by atoms with Crippen molar-refractivity contribution >= 4 is 18.7 Å². The van der Waals surface area contributed by atoms with Gasteiger partial charge in [0.1, 0.15) is 0 Å². The van der Waals surface area contributed by atoms with Crippen molar-refractivity contribution in [1.29, 1.82) is 0 Å². The van der Waals surface area contributed by atoms with E-state index in [2.05, 4.69) is 69.3 Å². The average molecular weight is 372 g/mol. The molecule has 0 aromatic heterocycles. The van der Waals surface area contributed by atoms with E-state index < -0.39 is 13.9 Å². The molecule has 0 aliphatic rings. The number of likely N-dealkylation sites (N-methyl/N-ethyl adjacent to an activating group) is 1. The Kier molecular flexibility index (Phi) is 6.45. The Labute approximate surface area is 159 Å². The fourth-order valence-corrected chi connectivity index (χ4v) is 8.02. The van der Waals surface area contributed by atoms with Gasteiger partial charge in [0.15, 0.2) is 0 Å². The molecule has 2 rings (SSSR count). The fourth-order valence-electron chi connectivity index (χ4n) is 3.34. The van der Waals surface area contributed by atoms with Gasteiger partial charge in [-0.3, -0.25) is 4.90 Å². The molecule has 1 unspecified atom stereocenters. The molecule has 0 fully saturated rings. The second-order valence-electron chi connectivity index (χ2n) is 8.50. The summed E-state index contributed by atoms with van der Waals surface area (Å²) in [4.78, 5) is 2.05. The minimum atomic E-state index is -2.56. The van der Waals surface area contributed by atoms with E-state index in [4.69, 9.17) is 4.43 Å². The van der Waals surface area contributed by atoms with Crippen molar-refractivity contribution in [2.24, 2.45) is 0 Å². The number of hydrogen-bond donors (Lipinski definition) is 1. The van der Waals surface area contributed by atoms with Crippen LogP contribution in [0.4, 0.5) is 0 Å². The summed E-state index contributed by atoms with van der Waals surface area (Å²) in [7, 11) is 1.42. The molecule has 0 spiro atoms. The van der Waals surface area contributed by atoms with Gasteiger partial charge in [0.2, 0.25) is 0 Å². The van der Waals surface area contributed by atoms with E-state index in [1.54, 1.807) is 0 Å². The molecule has 1 N–H and O–H groups in total. The van der Waals surface area contributed by atoms with Crippen LogP contribution in [0.15, 0.2) is 60.7 Å². The molecule has 0 aliphatic carbocycles. The van der Waals surface area contributed by atoms with Crippen LogP contribution in [0.1, 0.15) is 27.7 Å². The lowest BCUT2D eigenvalue weighted by molar-refractivity contribution is 0.0364. The van der Waals surface area contributed by atoms with Gasteiger partial charge < -0.3 is 9.53 Å².